The van der Waals surface area contributed by atoms with Gasteiger partial charge in [-0.05, 0) is 96.6 Å². The number of rotatable bonds is 3. The summed E-state index contributed by atoms with van der Waals surface area (Å²) in [5.74, 6) is 0. The topological polar surface area (TPSA) is 3.24 Å². The minimum absolute atomic E-state index is 0.0997. The molecule has 2 aliphatic rings. The van der Waals surface area contributed by atoms with E-state index in [1.54, 1.807) is 0 Å². The maximum atomic E-state index is 2.64. The molecule has 0 fully saturated rings. The van der Waals surface area contributed by atoms with E-state index in [2.05, 4.69) is 187 Å². The van der Waals surface area contributed by atoms with Gasteiger partial charge in [-0.15, -0.1) is 11.3 Å². The van der Waals surface area contributed by atoms with Crippen LogP contribution in [0.3, 0.4) is 0 Å². The molecule has 1 heterocycles. The van der Waals surface area contributed by atoms with Gasteiger partial charge in [0.05, 0.1) is 5.69 Å². The van der Waals surface area contributed by atoms with Crippen LogP contribution in [0.2, 0.25) is 0 Å². The Labute approximate surface area is 311 Å². The molecule has 1 nitrogen and oxygen atoms in total. The van der Waals surface area contributed by atoms with E-state index in [0.29, 0.717) is 0 Å². The van der Waals surface area contributed by atoms with Gasteiger partial charge < -0.3 is 4.90 Å². The van der Waals surface area contributed by atoms with Crippen molar-refractivity contribution in [3.8, 4) is 22.3 Å². The van der Waals surface area contributed by atoms with E-state index in [9.17, 15) is 0 Å². The molecule has 0 radical (unpaired) electrons. The van der Waals surface area contributed by atoms with E-state index < -0.39 is 0 Å². The van der Waals surface area contributed by atoms with E-state index in [1.165, 1.54) is 98.1 Å². The predicted molar refractivity (Wildman–Crippen MR) is 225 cm³/mol. The fraction of sp³-hybridized carbons (Fsp3) is 0.200. The summed E-state index contributed by atoms with van der Waals surface area (Å²) in [5, 5.41) is 5.15. The molecule has 2 aliphatic carbocycles. The molecule has 1 aromatic heterocycles. The Kier molecular flexibility index (Phi) is 6.48. The smallest absolute Gasteiger partial charge is 0.0556 e. The number of hydrogen-bond acceptors (Lipinski definition) is 2. The molecule has 0 saturated heterocycles. The van der Waals surface area contributed by atoms with E-state index >= 15 is 0 Å². The fourth-order valence-electron chi connectivity index (χ4n) is 9.80. The van der Waals surface area contributed by atoms with Gasteiger partial charge in [-0.25, -0.2) is 0 Å². The van der Waals surface area contributed by atoms with Crippen LogP contribution in [0.15, 0.2) is 133 Å². The molecule has 8 aromatic rings. The second-order valence-corrected chi connectivity index (χ2v) is 18.0. The van der Waals surface area contributed by atoms with Gasteiger partial charge >= 0.3 is 0 Å². The Morgan fingerprint density at radius 3 is 1.67 bits per heavy atom. The number of fused-ring (bicyclic) bond motifs is 10. The van der Waals surface area contributed by atoms with Gasteiger partial charge in [-0.2, -0.15) is 0 Å². The summed E-state index contributed by atoms with van der Waals surface area (Å²) < 4.78 is 2.64. The lowest BCUT2D eigenvalue weighted by atomic mass is 9.71. The highest BCUT2D eigenvalue weighted by Gasteiger charge is 2.50. The summed E-state index contributed by atoms with van der Waals surface area (Å²) in [5.41, 5.74) is 15.9. The van der Waals surface area contributed by atoms with Gasteiger partial charge in [0.2, 0.25) is 0 Å². The Morgan fingerprint density at radius 2 is 1.02 bits per heavy atom. The number of anilines is 3. The maximum absolute atomic E-state index is 2.64. The van der Waals surface area contributed by atoms with Crippen LogP contribution in [-0.4, -0.2) is 0 Å². The van der Waals surface area contributed by atoms with Crippen molar-refractivity contribution >= 4 is 59.3 Å². The zero-order chi connectivity index (χ0) is 35.7. The van der Waals surface area contributed by atoms with Crippen LogP contribution in [-0.2, 0) is 16.2 Å². The third-order valence-corrected chi connectivity index (χ3v) is 13.2. The summed E-state index contributed by atoms with van der Waals surface area (Å²) in [4.78, 5) is 2.64. The van der Waals surface area contributed by atoms with Crippen molar-refractivity contribution in [2.45, 2.75) is 64.7 Å². The first-order valence-electron chi connectivity index (χ1n) is 18.6. The van der Waals surface area contributed by atoms with E-state index in [1.807, 2.05) is 11.3 Å². The number of hydrogen-bond donors (Lipinski definition) is 0. The zero-order valence-electron chi connectivity index (χ0n) is 31.1. The minimum atomic E-state index is -0.238. The second kappa shape index (κ2) is 10.7. The van der Waals surface area contributed by atoms with Gasteiger partial charge in [0.15, 0.2) is 0 Å². The molecule has 0 unspecified atom stereocenters. The van der Waals surface area contributed by atoms with Gasteiger partial charge in [0, 0.05) is 42.4 Å². The van der Waals surface area contributed by atoms with Gasteiger partial charge in [0.25, 0.3) is 0 Å². The highest BCUT2D eigenvalue weighted by atomic mass is 32.1. The van der Waals surface area contributed by atoms with Crippen molar-refractivity contribution in [2.24, 2.45) is 0 Å². The Bertz CT molecular complexity index is 2700. The molecule has 0 aliphatic heterocycles. The summed E-state index contributed by atoms with van der Waals surface area (Å²) >= 11 is 1.90. The summed E-state index contributed by atoms with van der Waals surface area (Å²) in [6.07, 6.45) is 0. The van der Waals surface area contributed by atoms with Gasteiger partial charge in [-0.3, -0.25) is 0 Å². The van der Waals surface area contributed by atoms with Crippen molar-refractivity contribution in [3.63, 3.8) is 0 Å². The minimum Gasteiger partial charge on any atom is -0.310 e. The molecule has 0 N–H and O–H groups in total. The molecular formula is C50H43NS. The van der Waals surface area contributed by atoms with E-state index in [0.717, 1.165) is 0 Å². The molecule has 254 valence electrons. The summed E-state index contributed by atoms with van der Waals surface area (Å²) in [7, 11) is 0. The normalized spacial score (nSPS) is 15.1. The van der Waals surface area contributed by atoms with Crippen molar-refractivity contribution < 1.29 is 0 Å². The lowest BCUT2D eigenvalue weighted by Crippen LogP contribution is -2.27. The highest BCUT2D eigenvalue weighted by molar-refractivity contribution is 7.25. The molecule has 0 bridgehead atoms. The van der Waals surface area contributed by atoms with Crippen LogP contribution in [0.5, 0.6) is 0 Å². The van der Waals surface area contributed by atoms with Gasteiger partial charge in [-0.1, -0.05) is 152 Å². The number of nitrogens with zero attached hydrogens (tertiary/aromatic N) is 1. The predicted octanol–water partition coefficient (Wildman–Crippen LogP) is 14.6. The third kappa shape index (κ3) is 4.22. The molecule has 0 spiro atoms. The lowest BCUT2D eigenvalue weighted by Gasteiger charge is -2.39. The van der Waals surface area contributed by atoms with E-state index in [4.69, 9.17) is 0 Å². The van der Waals surface area contributed by atoms with Crippen LogP contribution in [0.1, 0.15) is 76.3 Å². The molecular weight excluding hydrogens is 647 g/mol. The van der Waals surface area contributed by atoms with E-state index in [-0.39, 0.29) is 16.2 Å². The molecule has 2 heteroatoms. The average molecular weight is 690 g/mol. The molecule has 10 rings (SSSR count). The monoisotopic (exact) mass is 689 g/mol. The molecule has 0 atom stereocenters. The molecule has 7 aromatic carbocycles. The number of benzene rings is 7. The Morgan fingerprint density at radius 1 is 0.500 bits per heavy atom. The van der Waals surface area contributed by atoms with Crippen LogP contribution in [0.4, 0.5) is 17.1 Å². The zero-order valence-corrected chi connectivity index (χ0v) is 31.9. The van der Waals surface area contributed by atoms with Crippen LogP contribution >= 0.6 is 11.3 Å². The van der Waals surface area contributed by atoms with Crippen molar-refractivity contribution in [1.29, 1.82) is 0 Å². The largest absolute Gasteiger partial charge is 0.310 e. The van der Waals surface area contributed by atoms with Crippen LogP contribution < -0.4 is 4.90 Å². The van der Waals surface area contributed by atoms with Crippen LogP contribution in [0, 0.1) is 0 Å². The van der Waals surface area contributed by atoms with Crippen molar-refractivity contribution in [1.82, 2.24) is 0 Å². The maximum Gasteiger partial charge on any atom is 0.0556 e. The first-order valence-corrected chi connectivity index (χ1v) is 19.4. The third-order valence-electron chi connectivity index (χ3n) is 12.0. The molecule has 0 amide bonds. The van der Waals surface area contributed by atoms with Crippen molar-refractivity contribution in [2.75, 3.05) is 4.90 Å². The lowest BCUT2D eigenvalue weighted by molar-refractivity contribution is 0.587. The first-order chi connectivity index (χ1) is 25.0. The average Bonchev–Trinajstić information content (AvgIpc) is 3.70. The Hall–Kier alpha value is -5.18. The first kappa shape index (κ1) is 31.5. The quantitative estimate of drug-likeness (QED) is 0.178. The SMILES string of the molecule is CC(C)(C)c1c2c(c(N(c3ccc4ccccc4c3)c3ccc4c(c3)sc3ccccc34)c3c1-c1ccccc1C3(C)C)C(C)(C)c1ccccc1-2. The molecule has 0 saturated carbocycles. The van der Waals surface area contributed by atoms with Gasteiger partial charge in [0.1, 0.15) is 0 Å². The summed E-state index contributed by atoms with van der Waals surface area (Å²) in [6.45, 7) is 17.1. The van der Waals surface area contributed by atoms with Crippen LogP contribution in [0.25, 0.3) is 53.2 Å². The highest BCUT2D eigenvalue weighted by Crippen LogP contribution is 2.65. The Balaban J connectivity index is 1.41. The summed E-state index contributed by atoms with van der Waals surface area (Å²) in [6, 6.07) is 50.3. The number of thiophene rings is 1. The second-order valence-electron chi connectivity index (χ2n) is 17.0. The standard InChI is InChI=1S/C50H43NS/c1-48(2,3)44-42-36-19-10-13-21-38(36)49(4,5)45(42)47(46-43(44)37-20-11-14-22-39(37)50(46,6)7)51(32-25-24-30-16-8-9-17-31(30)28-32)33-26-27-35-34-18-12-15-23-40(34)52-41(35)29-33/h8-29H,1-7H3. The molecule has 52 heavy (non-hydrogen) atoms. The fourth-order valence-corrected chi connectivity index (χ4v) is 10.9. The van der Waals surface area contributed by atoms with Crippen molar-refractivity contribution in [3.05, 3.63) is 161 Å².